The molecule has 80 valence electrons. The summed E-state index contributed by atoms with van der Waals surface area (Å²) in [5.74, 6) is -0.495. The molecule has 0 aromatic heterocycles. The van der Waals surface area contributed by atoms with Gasteiger partial charge in [-0.05, 0) is 24.6 Å². The smallest absolute Gasteiger partial charge is 0.252 e. The molecule has 15 heavy (non-hydrogen) atoms. The Morgan fingerprint density at radius 2 is 2.07 bits per heavy atom. The molecule has 2 N–H and O–H groups in total. The lowest BCUT2D eigenvalue weighted by Crippen LogP contribution is -2.13. The molecule has 0 fully saturated rings. The van der Waals surface area contributed by atoms with Crippen molar-refractivity contribution < 1.29 is 9.53 Å². The molecule has 0 unspecified atom stereocenters. The second-order valence-electron chi connectivity index (χ2n) is 2.86. The van der Waals surface area contributed by atoms with E-state index in [-0.39, 0.29) is 0 Å². The van der Waals surface area contributed by atoms with E-state index in [0.29, 0.717) is 12.2 Å². The number of amides is 1. The van der Waals surface area contributed by atoms with Gasteiger partial charge in [0.15, 0.2) is 0 Å². The van der Waals surface area contributed by atoms with Crippen molar-refractivity contribution in [3.8, 4) is 0 Å². The predicted octanol–water partition coefficient (Wildman–Crippen LogP) is 2.31. The Morgan fingerprint density at radius 3 is 2.53 bits per heavy atom. The van der Waals surface area contributed by atoms with E-state index in [0.717, 1.165) is 10.0 Å². The van der Waals surface area contributed by atoms with Crippen LogP contribution in [0.1, 0.15) is 12.5 Å². The minimum Gasteiger partial charge on any atom is -0.501 e. The molecule has 0 saturated heterocycles. The van der Waals surface area contributed by atoms with E-state index in [1.807, 2.05) is 19.1 Å². The highest BCUT2D eigenvalue weighted by Crippen LogP contribution is 2.17. The van der Waals surface area contributed by atoms with Crippen LogP contribution in [-0.2, 0) is 9.53 Å². The maximum atomic E-state index is 11.2. The van der Waals surface area contributed by atoms with Gasteiger partial charge in [-0.25, -0.2) is 0 Å². The molecular formula is C11H12BrNO2. The lowest BCUT2D eigenvalue weighted by atomic mass is 10.1. The van der Waals surface area contributed by atoms with Gasteiger partial charge in [-0.1, -0.05) is 28.1 Å². The molecule has 0 saturated carbocycles. The van der Waals surface area contributed by atoms with Crippen LogP contribution < -0.4 is 5.73 Å². The SMILES string of the molecule is CCO/C=C(\C(N)=O)c1ccc(Br)cc1. The number of carbonyl (C=O) groups excluding carboxylic acids is 1. The van der Waals surface area contributed by atoms with E-state index in [2.05, 4.69) is 15.9 Å². The van der Waals surface area contributed by atoms with Gasteiger partial charge in [0.2, 0.25) is 0 Å². The molecule has 0 spiro atoms. The van der Waals surface area contributed by atoms with Crippen molar-refractivity contribution >= 4 is 27.4 Å². The number of hydrogen-bond donors (Lipinski definition) is 1. The van der Waals surface area contributed by atoms with E-state index in [9.17, 15) is 4.79 Å². The minimum absolute atomic E-state index is 0.379. The quantitative estimate of drug-likeness (QED) is 0.674. The number of nitrogens with two attached hydrogens (primary N) is 1. The lowest BCUT2D eigenvalue weighted by Gasteiger charge is -2.04. The molecule has 3 nitrogen and oxygen atoms in total. The first-order valence-electron chi connectivity index (χ1n) is 4.52. The highest BCUT2D eigenvalue weighted by atomic mass is 79.9. The average molecular weight is 270 g/mol. The average Bonchev–Trinajstić information content (AvgIpc) is 2.21. The van der Waals surface area contributed by atoms with Crippen LogP contribution in [0.2, 0.25) is 0 Å². The first-order chi connectivity index (χ1) is 7.15. The molecule has 4 heteroatoms. The van der Waals surface area contributed by atoms with Gasteiger partial charge in [0.1, 0.15) is 0 Å². The second-order valence-corrected chi connectivity index (χ2v) is 3.77. The Kier molecular flexibility index (Phi) is 4.37. The number of primary amides is 1. The Hall–Kier alpha value is -1.29. The third-order valence-corrected chi connectivity index (χ3v) is 2.32. The monoisotopic (exact) mass is 269 g/mol. The van der Waals surface area contributed by atoms with E-state index in [4.69, 9.17) is 10.5 Å². The topological polar surface area (TPSA) is 52.3 Å². The summed E-state index contributed by atoms with van der Waals surface area (Å²) >= 11 is 3.32. The Morgan fingerprint density at radius 1 is 1.47 bits per heavy atom. The molecule has 0 aliphatic heterocycles. The Labute approximate surface area is 97.0 Å². The zero-order valence-corrected chi connectivity index (χ0v) is 9.95. The minimum atomic E-state index is -0.495. The summed E-state index contributed by atoms with van der Waals surface area (Å²) in [6, 6.07) is 7.30. The Bertz CT molecular complexity index is 371. The van der Waals surface area contributed by atoms with E-state index < -0.39 is 5.91 Å². The molecule has 1 aromatic rings. The summed E-state index contributed by atoms with van der Waals surface area (Å²) < 4.78 is 6.02. The molecule has 0 aliphatic rings. The first kappa shape index (κ1) is 11.8. The van der Waals surface area contributed by atoms with Crippen molar-refractivity contribution in [1.29, 1.82) is 0 Å². The zero-order valence-electron chi connectivity index (χ0n) is 8.37. The van der Waals surface area contributed by atoms with E-state index in [1.165, 1.54) is 6.26 Å². The molecule has 0 radical (unpaired) electrons. The van der Waals surface area contributed by atoms with Gasteiger partial charge in [-0.3, -0.25) is 4.79 Å². The number of ether oxygens (including phenoxy) is 1. The van der Waals surface area contributed by atoms with Crippen molar-refractivity contribution in [1.82, 2.24) is 0 Å². The zero-order chi connectivity index (χ0) is 11.3. The summed E-state index contributed by atoms with van der Waals surface area (Å²) in [5, 5.41) is 0. The molecule has 0 heterocycles. The van der Waals surface area contributed by atoms with Crippen molar-refractivity contribution in [2.45, 2.75) is 6.92 Å². The van der Waals surface area contributed by atoms with Crippen LogP contribution in [0.15, 0.2) is 35.0 Å². The summed E-state index contributed by atoms with van der Waals surface area (Å²) in [7, 11) is 0. The highest BCUT2D eigenvalue weighted by Gasteiger charge is 2.08. The summed E-state index contributed by atoms with van der Waals surface area (Å²) in [5.41, 5.74) is 6.38. The third kappa shape index (κ3) is 3.40. The first-order valence-corrected chi connectivity index (χ1v) is 5.32. The molecule has 0 atom stereocenters. The molecule has 1 rings (SSSR count). The van der Waals surface area contributed by atoms with Crippen molar-refractivity contribution in [2.24, 2.45) is 5.73 Å². The molecule has 0 aliphatic carbocycles. The van der Waals surface area contributed by atoms with Gasteiger partial charge >= 0.3 is 0 Å². The van der Waals surface area contributed by atoms with Crippen LogP contribution in [0, 0.1) is 0 Å². The van der Waals surface area contributed by atoms with Crippen LogP contribution in [0.4, 0.5) is 0 Å². The summed E-state index contributed by atoms with van der Waals surface area (Å²) in [6.07, 6.45) is 1.39. The summed E-state index contributed by atoms with van der Waals surface area (Å²) in [6.45, 7) is 2.35. The normalized spacial score (nSPS) is 11.2. The predicted molar refractivity (Wildman–Crippen MR) is 62.9 cm³/mol. The van der Waals surface area contributed by atoms with Crippen molar-refractivity contribution in [2.75, 3.05) is 6.61 Å². The number of halogens is 1. The number of carbonyl (C=O) groups is 1. The fourth-order valence-electron chi connectivity index (χ4n) is 1.06. The third-order valence-electron chi connectivity index (χ3n) is 1.79. The number of rotatable bonds is 4. The fourth-order valence-corrected chi connectivity index (χ4v) is 1.33. The van der Waals surface area contributed by atoms with Crippen molar-refractivity contribution in [3.05, 3.63) is 40.6 Å². The fraction of sp³-hybridized carbons (Fsp3) is 0.182. The molecule has 1 aromatic carbocycles. The highest BCUT2D eigenvalue weighted by molar-refractivity contribution is 9.10. The van der Waals surface area contributed by atoms with Gasteiger partial charge in [0.05, 0.1) is 18.4 Å². The van der Waals surface area contributed by atoms with Crippen LogP contribution in [-0.4, -0.2) is 12.5 Å². The second kappa shape index (κ2) is 5.56. The number of benzene rings is 1. The van der Waals surface area contributed by atoms with Gasteiger partial charge in [0, 0.05) is 4.47 Å². The van der Waals surface area contributed by atoms with Gasteiger partial charge in [0.25, 0.3) is 5.91 Å². The van der Waals surface area contributed by atoms with E-state index in [1.54, 1.807) is 12.1 Å². The maximum absolute atomic E-state index is 11.2. The number of hydrogen-bond acceptors (Lipinski definition) is 2. The van der Waals surface area contributed by atoms with Crippen LogP contribution in [0.25, 0.3) is 5.57 Å². The van der Waals surface area contributed by atoms with Crippen LogP contribution in [0.3, 0.4) is 0 Å². The van der Waals surface area contributed by atoms with Crippen LogP contribution in [0.5, 0.6) is 0 Å². The molecule has 1 amide bonds. The van der Waals surface area contributed by atoms with Crippen LogP contribution >= 0.6 is 15.9 Å². The van der Waals surface area contributed by atoms with Crippen molar-refractivity contribution in [3.63, 3.8) is 0 Å². The Balaban J connectivity index is 2.99. The van der Waals surface area contributed by atoms with E-state index >= 15 is 0 Å². The molecular weight excluding hydrogens is 258 g/mol. The maximum Gasteiger partial charge on any atom is 0.252 e. The molecule has 0 bridgehead atoms. The largest absolute Gasteiger partial charge is 0.501 e. The lowest BCUT2D eigenvalue weighted by molar-refractivity contribution is -0.112. The van der Waals surface area contributed by atoms with Gasteiger partial charge in [-0.2, -0.15) is 0 Å². The van der Waals surface area contributed by atoms with Gasteiger partial charge in [-0.15, -0.1) is 0 Å². The standard InChI is InChI=1S/C11H12BrNO2/c1-2-15-7-10(11(13)14)8-3-5-9(12)6-4-8/h3-7H,2H2,1H3,(H2,13,14)/b10-7-. The van der Waals surface area contributed by atoms with Gasteiger partial charge < -0.3 is 10.5 Å². The summed E-state index contributed by atoms with van der Waals surface area (Å²) in [4.78, 5) is 11.2.